The number of nitrogens with one attached hydrogen (secondary N) is 1. The van der Waals surface area contributed by atoms with E-state index in [2.05, 4.69) is 5.32 Å². The summed E-state index contributed by atoms with van der Waals surface area (Å²) in [4.78, 5) is 25.6. The predicted octanol–water partition coefficient (Wildman–Crippen LogP) is 2.70. The van der Waals surface area contributed by atoms with E-state index >= 15 is 0 Å². The van der Waals surface area contributed by atoms with Crippen LogP contribution in [0.3, 0.4) is 0 Å². The molecule has 1 heterocycles. The molecule has 20 heavy (non-hydrogen) atoms. The van der Waals surface area contributed by atoms with Gasteiger partial charge in [-0.2, -0.15) is 0 Å². The minimum atomic E-state index is -0.795. The lowest BCUT2D eigenvalue weighted by Gasteiger charge is -2.16. The van der Waals surface area contributed by atoms with Crippen LogP contribution < -0.4 is 5.32 Å². The van der Waals surface area contributed by atoms with Crippen molar-refractivity contribution < 1.29 is 14.3 Å². The van der Waals surface area contributed by atoms with Crippen LogP contribution in [0.4, 0.5) is 0 Å². The summed E-state index contributed by atoms with van der Waals surface area (Å²) < 4.78 is 4.76. The van der Waals surface area contributed by atoms with Gasteiger partial charge < -0.3 is 10.1 Å². The largest absolute Gasteiger partial charge is 0.467 e. The van der Waals surface area contributed by atoms with Crippen LogP contribution in [0.1, 0.15) is 26.2 Å². The Balaban J connectivity index is 2.21. The van der Waals surface area contributed by atoms with E-state index in [0.717, 1.165) is 4.88 Å². The molecule has 1 N–H and O–H groups in total. The first-order valence-electron chi connectivity index (χ1n) is 6.12. The van der Waals surface area contributed by atoms with Crippen LogP contribution in [-0.2, 0) is 9.53 Å². The van der Waals surface area contributed by atoms with Gasteiger partial charge in [0.05, 0.1) is 12.0 Å². The minimum absolute atomic E-state index is 0.276. The van der Waals surface area contributed by atoms with Crippen molar-refractivity contribution in [1.29, 1.82) is 0 Å². The molecule has 0 saturated carbocycles. The van der Waals surface area contributed by atoms with Gasteiger partial charge in [-0.25, -0.2) is 4.79 Å². The summed E-state index contributed by atoms with van der Waals surface area (Å²) >= 11 is 1.39. The first kappa shape index (κ1) is 14.3. The third-order valence-electron chi connectivity index (χ3n) is 2.81. The molecule has 0 aliphatic heterocycles. The van der Waals surface area contributed by atoms with Crippen molar-refractivity contribution in [3.8, 4) is 0 Å². The molecular formula is C15H15NO3S. The molecule has 0 spiro atoms. The number of hydrogen-bond donors (Lipinski definition) is 1. The molecule has 2 rings (SSSR count). The Bertz CT molecular complexity index is 607. The van der Waals surface area contributed by atoms with Crippen LogP contribution in [0, 0.1) is 6.92 Å². The quantitative estimate of drug-likeness (QED) is 0.880. The summed E-state index contributed by atoms with van der Waals surface area (Å²) in [7, 11) is 1.31. The van der Waals surface area contributed by atoms with Gasteiger partial charge in [-0.1, -0.05) is 30.3 Å². The molecule has 0 bridgehead atoms. The summed E-state index contributed by atoms with van der Waals surface area (Å²) in [5.41, 5.74) is 0.695. The Kier molecular flexibility index (Phi) is 4.53. The van der Waals surface area contributed by atoms with Gasteiger partial charge in [0, 0.05) is 4.88 Å². The van der Waals surface area contributed by atoms with E-state index in [1.807, 2.05) is 31.2 Å². The lowest BCUT2D eigenvalue weighted by atomic mass is 10.1. The fourth-order valence-corrected chi connectivity index (χ4v) is 2.57. The molecule has 104 valence electrons. The van der Waals surface area contributed by atoms with Crippen LogP contribution in [0.5, 0.6) is 0 Å². The topological polar surface area (TPSA) is 55.4 Å². The molecule has 1 aromatic heterocycles. The third-order valence-corrected chi connectivity index (χ3v) is 3.81. The predicted molar refractivity (Wildman–Crippen MR) is 77.7 cm³/mol. The zero-order valence-corrected chi connectivity index (χ0v) is 12.1. The zero-order valence-electron chi connectivity index (χ0n) is 11.3. The van der Waals surface area contributed by atoms with Gasteiger partial charge in [-0.05, 0) is 24.6 Å². The normalized spacial score (nSPS) is 11.7. The van der Waals surface area contributed by atoms with E-state index in [1.165, 1.54) is 18.4 Å². The summed E-state index contributed by atoms with van der Waals surface area (Å²) in [5.74, 6) is -0.764. The van der Waals surface area contributed by atoms with Crippen molar-refractivity contribution in [2.45, 2.75) is 13.0 Å². The van der Waals surface area contributed by atoms with E-state index in [0.29, 0.717) is 10.4 Å². The van der Waals surface area contributed by atoms with E-state index in [9.17, 15) is 9.59 Å². The molecule has 0 unspecified atom stereocenters. The lowest BCUT2D eigenvalue weighted by Crippen LogP contribution is -2.34. The summed E-state index contributed by atoms with van der Waals surface area (Å²) in [6, 6.07) is 11.9. The van der Waals surface area contributed by atoms with E-state index in [1.54, 1.807) is 18.2 Å². The first-order valence-corrected chi connectivity index (χ1v) is 6.93. The van der Waals surface area contributed by atoms with Gasteiger partial charge in [-0.3, -0.25) is 4.79 Å². The van der Waals surface area contributed by atoms with Crippen molar-refractivity contribution in [2.24, 2.45) is 0 Å². The van der Waals surface area contributed by atoms with Crippen LogP contribution in [0.25, 0.3) is 0 Å². The standard InChI is InChI=1S/C15H15NO3S/c1-10-8-9-12(20-10)14(17)16-13(15(18)19-2)11-6-4-3-5-7-11/h3-9,13H,1-2H3,(H,16,17)/t13-/m1/s1. The number of rotatable bonds is 4. The average Bonchev–Trinajstić information content (AvgIpc) is 2.91. The van der Waals surface area contributed by atoms with Crippen LogP contribution in [0.15, 0.2) is 42.5 Å². The van der Waals surface area contributed by atoms with E-state index in [4.69, 9.17) is 4.74 Å². The van der Waals surface area contributed by atoms with Gasteiger partial charge in [0.1, 0.15) is 0 Å². The Labute approximate surface area is 121 Å². The second kappa shape index (κ2) is 6.34. The second-order valence-corrected chi connectivity index (χ2v) is 5.54. The molecule has 1 aromatic carbocycles. The molecule has 5 heteroatoms. The van der Waals surface area contributed by atoms with Gasteiger partial charge in [0.25, 0.3) is 5.91 Å². The number of amides is 1. The number of carbonyl (C=O) groups excluding carboxylic acids is 2. The van der Waals surface area contributed by atoms with Gasteiger partial charge in [0.2, 0.25) is 0 Å². The maximum Gasteiger partial charge on any atom is 0.333 e. The molecule has 2 aromatic rings. The highest BCUT2D eigenvalue weighted by Gasteiger charge is 2.24. The summed E-state index contributed by atoms with van der Waals surface area (Å²) in [6.07, 6.45) is 0. The Morgan fingerprint density at radius 3 is 2.40 bits per heavy atom. The number of ether oxygens (including phenoxy) is 1. The van der Waals surface area contributed by atoms with Crippen molar-refractivity contribution in [3.63, 3.8) is 0 Å². The van der Waals surface area contributed by atoms with Gasteiger partial charge >= 0.3 is 5.97 Å². The Morgan fingerprint density at radius 2 is 1.85 bits per heavy atom. The molecule has 0 fully saturated rings. The highest BCUT2D eigenvalue weighted by molar-refractivity contribution is 7.13. The highest BCUT2D eigenvalue weighted by atomic mass is 32.1. The van der Waals surface area contributed by atoms with Crippen molar-refractivity contribution in [3.05, 3.63) is 57.8 Å². The van der Waals surface area contributed by atoms with Crippen LogP contribution in [-0.4, -0.2) is 19.0 Å². The maximum atomic E-state index is 12.2. The van der Waals surface area contributed by atoms with Crippen molar-refractivity contribution in [2.75, 3.05) is 7.11 Å². The fraction of sp³-hybridized carbons (Fsp3) is 0.200. The number of methoxy groups -OCH3 is 1. The number of esters is 1. The number of aryl methyl sites for hydroxylation is 1. The Hall–Kier alpha value is -2.14. The molecule has 0 aliphatic carbocycles. The monoisotopic (exact) mass is 289 g/mol. The molecule has 1 amide bonds. The minimum Gasteiger partial charge on any atom is -0.467 e. The molecule has 0 radical (unpaired) electrons. The summed E-state index contributed by atoms with van der Waals surface area (Å²) in [5, 5.41) is 2.71. The smallest absolute Gasteiger partial charge is 0.333 e. The molecular weight excluding hydrogens is 274 g/mol. The number of thiophene rings is 1. The lowest BCUT2D eigenvalue weighted by molar-refractivity contribution is -0.143. The van der Waals surface area contributed by atoms with Gasteiger partial charge in [0.15, 0.2) is 6.04 Å². The maximum absolute atomic E-state index is 12.2. The fourth-order valence-electron chi connectivity index (χ4n) is 1.80. The molecule has 1 atom stereocenters. The van der Waals surface area contributed by atoms with E-state index < -0.39 is 12.0 Å². The van der Waals surface area contributed by atoms with Gasteiger partial charge in [-0.15, -0.1) is 11.3 Å². The third kappa shape index (κ3) is 3.24. The first-order chi connectivity index (χ1) is 9.61. The Morgan fingerprint density at radius 1 is 1.15 bits per heavy atom. The SMILES string of the molecule is COC(=O)[C@H](NC(=O)c1ccc(C)s1)c1ccccc1. The van der Waals surface area contributed by atoms with Crippen LogP contribution >= 0.6 is 11.3 Å². The molecule has 0 aliphatic rings. The molecule has 4 nitrogen and oxygen atoms in total. The van der Waals surface area contributed by atoms with Crippen molar-refractivity contribution in [1.82, 2.24) is 5.32 Å². The van der Waals surface area contributed by atoms with E-state index in [-0.39, 0.29) is 5.91 Å². The number of hydrogen-bond acceptors (Lipinski definition) is 4. The molecule has 0 saturated heterocycles. The van der Waals surface area contributed by atoms with Crippen LogP contribution in [0.2, 0.25) is 0 Å². The second-order valence-electron chi connectivity index (χ2n) is 4.25. The number of benzene rings is 1. The summed E-state index contributed by atoms with van der Waals surface area (Å²) in [6.45, 7) is 1.93. The number of carbonyl (C=O) groups is 2. The average molecular weight is 289 g/mol. The zero-order chi connectivity index (χ0) is 14.5. The van der Waals surface area contributed by atoms with Crippen molar-refractivity contribution >= 4 is 23.2 Å². The highest BCUT2D eigenvalue weighted by Crippen LogP contribution is 2.18.